The van der Waals surface area contributed by atoms with E-state index >= 15 is 0 Å². The van der Waals surface area contributed by atoms with Crippen LogP contribution in [0.25, 0.3) is 0 Å². The summed E-state index contributed by atoms with van der Waals surface area (Å²) in [6.45, 7) is -0.761. The highest BCUT2D eigenvalue weighted by Crippen LogP contribution is 2.27. The summed E-state index contributed by atoms with van der Waals surface area (Å²) in [7, 11) is -4.38. The maximum absolute atomic E-state index is 10.9. The Morgan fingerprint density at radius 1 is 1.40 bits per heavy atom. The zero-order valence-electron chi connectivity index (χ0n) is 7.66. The monoisotopic (exact) mass is 233 g/mol. The number of phenols is 1. The van der Waals surface area contributed by atoms with Crippen LogP contribution in [-0.2, 0) is 10.1 Å². The molecule has 1 atom stereocenters. The first-order chi connectivity index (χ1) is 6.86. The van der Waals surface area contributed by atoms with Crippen LogP contribution in [0.3, 0.4) is 0 Å². The molecule has 15 heavy (non-hydrogen) atoms. The van der Waals surface area contributed by atoms with Gasteiger partial charge in [0.1, 0.15) is 11.0 Å². The van der Waals surface area contributed by atoms with E-state index in [1.54, 1.807) is 0 Å². The van der Waals surface area contributed by atoms with Gasteiger partial charge in [-0.1, -0.05) is 6.07 Å². The largest absolute Gasteiger partial charge is 0.506 e. The van der Waals surface area contributed by atoms with E-state index in [0.29, 0.717) is 0 Å². The molecule has 7 heteroatoms. The van der Waals surface area contributed by atoms with Gasteiger partial charge in [-0.15, -0.1) is 0 Å². The molecular formula is C8H11NO5S. The van der Waals surface area contributed by atoms with Crippen molar-refractivity contribution < 1.29 is 23.2 Å². The average Bonchev–Trinajstić information content (AvgIpc) is 2.10. The topological polar surface area (TPSA) is 121 Å². The molecule has 0 saturated carbocycles. The van der Waals surface area contributed by atoms with Crippen molar-refractivity contribution in [3.05, 3.63) is 23.8 Å². The molecule has 84 valence electrons. The quantitative estimate of drug-likeness (QED) is 0.328. The van der Waals surface area contributed by atoms with Crippen molar-refractivity contribution in [3.63, 3.8) is 0 Å². The summed E-state index contributed by atoms with van der Waals surface area (Å²) in [5.74, 6) is -0.189. The molecule has 0 aromatic heterocycles. The summed E-state index contributed by atoms with van der Waals surface area (Å²) in [5.41, 5.74) is 5.45. The van der Waals surface area contributed by atoms with Crippen LogP contribution in [-0.4, -0.2) is 29.8 Å². The minimum absolute atomic E-state index is 0.0189. The Bertz CT molecular complexity index is 456. The molecule has 1 unspecified atom stereocenters. The molecule has 6 nitrogen and oxygen atoms in total. The lowest BCUT2D eigenvalue weighted by Crippen LogP contribution is -2.16. The van der Waals surface area contributed by atoms with Gasteiger partial charge in [-0.3, -0.25) is 4.55 Å². The molecule has 0 fully saturated rings. The molecule has 0 aliphatic carbocycles. The third-order valence-electron chi connectivity index (χ3n) is 1.95. The summed E-state index contributed by atoms with van der Waals surface area (Å²) in [6.07, 6.45) is 0. The van der Waals surface area contributed by atoms with Gasteiger partial charge >= 0.3 is 0 Å². The zero-order chi connectivity index (χ0) is 11.6. The van der Waals surface area contributed by atoms with E-state index < -0.39 is 22.0 Å². The normalized spacial score (nSPS) is 13.7. The highest BCUT2D eigenvalue weighted by molar-refractivity contribution is 7.86. The number of phenolic OH excluding ortho intramolecular Hbond substituents is 1. The molecular weight excluding hydrogens is 222 g/mol. The number of nitrogens with two attached hydrogens (primary N) is 1. The Morgan fingerprint density at radius 2 is 2.00 bits per heavy atom. The molecule has 0 radical (unpaired) electrons. The zero-order valence-corrected chi connectivity index (χ0v) is 8.48. The molecule has 0 bridgehead atoms. The van der Waals surface area contributed by atoms with Crippen molar-refractivity contribution in [1.82, 2.24) is 0 Å². The number of hydrogen-bond donors (Lipinski definition) is 4. The molecule has 0 aliphatic rings. The van der Waals surface area contributed by atoms with Crippen LogP contribution in [0.15, 0.2) is 18.2 Å². The maximum Gasteiger partial charge on any atom is 0.274 e. The Labute approximate surface area is 86.7 Å². The third kappa shape index (κ3) is 2.58. The first kappa shape index (κ1) is 11.8. The van der Waals surface area contributed by atoms with E-state index in [-0.39, 0.29) is 17.0 Å². The Balaban J connectivity index is 3.20. The molecule has 0 aliphatic heterocycles. The number of aromatic hydroxyl groups is 1. The minimum Gasteiger partial charge on any atom is -0.506 e. The fraction of sp³-hybridized carbons (Fsp3) is 0.250. The lowest BCUT2D eigenvalue weighted by Gasteiger charge is -2.12. The fourth-order valence-electron chi connectivity index (χ4n) is 1.14. The predicted molar refractivity (Wildman–Crippen MR) is 53.9 cm³/mol. The summed E-state index contributed by atoms with van der Waals surface area (Å²) < 4.78 is 30.5. The van der Waals surface area contributed by atoms with Crippen molar-refractivity contribution in [2.24, 2.45) is 0 Å². The third-order valence-corrected chi connectivity index (χ3v) is 3.09. The molecule has 5 N–H and O–H groups in total. The molecule has 1 aromatic carbocycles. The molecule has 1 aromatic rings. The van der Waals surface area contributed by atoms with Crippen LogP contribution in [0.1, 0.15) is 10.8 Å². The van der Waals surface area contributed by atoms with Crippen LogP contribution in [0.4, 0.5) is 5.69 Å². The molecule has 1 rings (SSSR count). The smallest absolute Gasteiger partial charge is 0.274 e. The highest BCUT2D eigenvalue weighted by atomic mass is 32.2. The van der Waals surface area contributed by atoms with Gasteiger partial charge in [-0.25, -0.2) is 0 Å². The Kier molecular flexibility index (Phi) is 3.18. The van der Waals surface area contributed by atoms with Crippen LogP contribution in [0, 0.1) is 0 Å². The van der Waals surface area contributed by atoms with Crippen LogP contribution in [0.2, 0.25) is 0 Å². The first-order valence-electron chi connectivity index (χ1n) is 4.02. The number of rotatable bonds is 3. The summed E-state index contributed by atoms with van der Waals surface area (Å²) in [6, 6.07) is 3.64. The summed E-state index contributed by atoms with van der Waals surface area (Å²) >= 11 is 0. The van der Waals surface area contributed by atoms with E-state index in [0.717, 1.165) is 0 Å². The van der Waals surface area contributed by atoms with Gasteiger partial charge in [-0.05, 0) is 17.7 Å². The Morgan fingerprint density at radius 3 is 2.40 bits per heavy atom. The number of hydrogen-bond acceptors (Lipinski definition) is 5. The second-order valence-corrected chi connectivity index (χ2v) is 4.60. The van der Waals surface area contributed by atoms with Gasteiger partial charge in [0, 0.05) is 0 Å². The van der Waals surface area contributed by atoms with Crippen LogP contribution < -0.4 is 5.73 Å². The molecule has 0 saturated heterocycles. The van der Waals surface area contributed by atoms with Crippen molar-refractivity contribution in [2.75, 3.05) is 12.3 Å². The van der Waals surface area contributed by atoms with Gasteiger partial charge in [0.15, 0.2) is 0 Å². The Hall–Kier alpha value is -1.31. The number of aliphatic hydroxyl groups excluding tert-OH is 1. The van der Waals surface area contributed by atoms with E-state index in [1.165, 1.54) is 18.2 Å². The lowest BCUT2D eigenvalue weighted by atomic mass is 10.1. The van der Waals surface area contributed by atoms with Crippen molar-refractivity contribution >= 4 is 15.8 Å². The van der Waals surface area contributed by atoms with Crippen molar-refractivity contribution in [1.29, 1.82) is 0 Å². The fourth-order valence-corrected chi connectivity index (χ4v) is 1.82. The number of anilines is 1. The SMILES string of the molecule is Nc1cc(C(CO)S(=O)(=O)O)ccc1O. The standard InChI is InChI=1S/C8H11NO5S/c9-6-3-5(1-2-7(6)11)8(4-10)15(12,13)14/h1-3,8,10-11H,4,9H2,(H,12,13,14). The number of benzene rings is 1. The summed E-state index contributed by atoms with van der Waals surface area (Å²) in [4.78, 5) is 0. The van der Waals surface area contributed by atoms with E-state index in [9.17, 15) is 8.42 Å². The average molecular weight is 233 g/mol. The second-order valence-electron chi connectivity index (χ2n) is 3.00. The van der Waals surface area contributed by atoms with Crippen molar-refractivity contribution in [3.8, 4) is 5.75 Å². The first-order valence-corrected chi connectivity index (χ1v) is 5.52. The molecule has 0 spiro atoms. The van der Waals surface area contributed by atoms with Gasteiger partial charge in [0.25, 0.3) is 10.1 Å². The van der Waals surface area contributed by atoms with E-state index in [2.05, 4.69) is 0 Å². The lowest BCUT2D eigenvalue weighted by molar-refractivity contribution is 0.285. The van der Waals surface area contributed by atoms with Crippen molar-refractivity contribution in [2.45, 2.75) is 5.25 Å². The maximum atomic E-state index is 10.9. The van der Waals surface area contributed by atoms with Crippen LogP contribution >= 0.6 is 0 Å². The van der Waals surface area contributed by atoms with Gasteiger partial charge < -0.3 is 15.9 Å². The number of aliphatic hydroxyl groups is 1. The molecule has 0 heterocycles. The van der Waals surface area contributed by atoms with E-state index in [1.807, 2.05) is 0 Å². The molecule has 0 amide bonds. The second kappa shape index (κ2) is 4.05. The van der Waals surface area contributed by atoms with Gasteiger partial charge in [-0.2, -0.15) is 8.42 Å². The number of nitrogen functional groups attached to an aromatic ring is 1. The van der Waals surface area contributed by atoms with Crippen LogP contribution in [0.5, 0.6) is 5.75 Å². The van der Waals surface area contributed by atoms with Gasteiger partial charge in [0.05, 0.1) is 12.3 Å². The highest BCUT2D eigenvalue weighted by Gasteiger charge is 2.24. The van der Waals surface area contributed by atoms with Gasteiger partial charge in [0.2, 0.25) is 0 Å². The predicted octanol–water partition coefficient (Wildman–Crippen LogP) is -0.104. The van der Waals surface area contributed by atoms with E-state index in [4.69, 9.17) is 20.5 Å². The summed E-state index contributed by atoms with van der Waals surface area (Å²) in [5, 5.41) is 16.5. The minimum atomic E-state index is -4.38.